The first kappa shape index (κ1) is 19.5. The number of hydrogen-bond acceptors (Lipinski definition) is 3. The van der Waals surface area contributed by atoms with Crippen molar-refractivity contribution >= 4 is 16.8 Å². The fourth-order valence-corrected chi connectivity index (χ4v) is 4.52. The fraction of sp³-hybridized carbons (Fsp3) is 0.185. The minimum absolute atomic E-state index is 0.0694. The number of nitrogens with zero attached hydrogens (tertiary/aromatic N) is 3. The zero-order chi connectivity index (χ0) is 21.0. The Kier molecular flexibility index (Phi) is 5.46. The van der Waals surface area contributed by atoms with E-state index in [0.717, 1.165) is 24.0 Å². The summed E-state index contributed by atoms with van der Waals surface area (Å²) in [5.74, 6) is 0.0694. The summed E-state index contributed by atoms with van der Waals surface area (Å²) in [6.45, 7) is 3.08. The molecule has 1 aromatic heterocycles. The molecule has 0 saturated carbocycles. The van der Waals surface area contributed by atoms with Gasteiger partial charge in [-0.25, -0.2) is 0 Å². The number of pyridine rings is 1. The lowest BCUT2D eigenvalue weighted by Gasteiger charge is -2.39. The lowest BCUT2D eigenvalue weighted by molar-refractivity contribution is 0.0599. The van der Waals surface area contributed by atoms with Crippen molar-refractivity contribution in [2.24, 2.45) is 0 Å². The number of piperazine rings is 1. The number of aromatic nitrogens is 1. The van der Waals surface area contributed by atoms with Crippen LogP contribution in [0.15, 0.2) is 97.2 Å². The van der Waals surface area contributed by atoms with Crippen LogP contribution in [0.2, 0.25) is 0 Å². The van der Waals surface area contributed by atoms with E-state index in [1.54, 1.807) is 6.20 Å². The molecule has 3 aromatic carbocycles. The number of carbonyl (C=O) groups excluding carboxylic acids is 1. The van der Waals surface area contributed by atoms with Crippen molar-refractivity contribution in [1.82, 2.24) is 14.8 Å². The highest BCUT2D eigenvalue weighted by Crippen LogP contribution is 2.30. The molecule has 0 atom stereocenters. The molecule has 1 amide bonds. The normalized spacial score (nSPS) is 14.8. The molecule has 4 nitrogen and oxygen atoms in total. The van der Waals surface area contributed by atoms with Gasteiger partial charge < -0.3 is 4.90 Å². The Bertz CT molecular complexity index is 1120. The highest BCUT2D eigenvalue weighted by Gasteiger charge is 2.29. The molecule has 4 heteroatoms. The van der Waals surface area contributed by atoms with Crippen LogP contribution >= 0.6 is 0 Å². The zero-order valence-electron chi connectivity index (χ0n) is 17.4. The summed E-state index contributed by atoms with van der Waals surface area (Å²) in [5.41, 5.74) is 4.04. The van der Waals surface area contributed by atoms with Gasteiger partial charge in [0.05, 0.1) is 17.1 Å². The topological polar surface area (TPSA) is 36.4 Å². The van der Waals surface area contributed by atoms with Gasteiger partial charge in [-0.3, -0.25) is 14.7 Å². The first-order valence-electron chi connectivity index (χ1n) is 10.8. The van der Waals surface area contributed by atoms with Gasteiger partial charge in [-0.05, 0) is 23.3 Å². The van der Waals surface area contributed by atoms with E-state index in [4.69, 9.17) is 0 Å². The van der Waals surface area contributed by atoms with E-state index in [0.29, 0.717) is 18.7 Å². The molecule has 0 N–H and O–H groups in total. The Labute approximate surface area is 182 Å². The van der Waals surface area contributed by atoms with Crippen LogP contribution in [0.1, 0.15) is 27.5 Å². The van der Waals surface area contributed by atoms with Gasteiger partial charge in [0.25, 0.3) is 5.91 Å². The molecule has 5 rings (SSSR count). The highest BCUT2D eigenvalue weighted by atomic mass is 16.2. The summed E-state index contributed by atoms with van der Waals surface area (Å²) >= 11 is 0. The monoisotopic (exact) mass is 407 g/mol. The van der Waals surface area contributed by atoms with E-state index in [1.807, 2.05) is 35.2 Å². The molecule has 1 fully saturated rings. The highest BCUT2D eigenvalue weighted by molar-refractivity contribution is 6.05. The summed E-state index contributed by atoms with van der Waals surface area (Å²) in [5, 5.41) is 1.00. The minimum Gasteiger partial charge on any atom is -0.336 e. The van der Waals surface area contributed by atoms with Crippen molar-refractivity contribution in [3.8, 4) is 0 Å². The van der Waals surface area contributed by atoms with Gasteiger partial charge in [-0.2, -0.15) is 0 Å². The predicted octanol–water partition coefficient (Wildman–Crippen LogP) is 4.78. The van der Waals surface area contributed by atoms with Crippen LogP contribution in [-0.2, 0) is 0 Å². The van der Waals surface area contributed by atoms with Gasteiger partial charge in [0, 0.05) is 37.8 Å². The first-order valence-corrected chi connectivity index (χ1v) is 10.8. The first-order chi connectivity index (χ1) is 15.3. The molecule has 154 valence electrons. The second-order valence-electron chi connectivity index (χ2n) is 7.93. The third-order valence-corrected chi connectivity index (χ3v) is 6.06. The standard InChI is InChI=1S/C27H25N3O/c31-27(24-15-7-13-21-14-8-16-28-25(21)24)30-19-17-29(18-20-30)26(22-9-3-1-4-10-22)23-11-5-2-6-12-23/h1-16,26H,17-20H2. The molecule has 0 aliphatic carbocycles. The number of fused-ring (bicyclic) bond motifs is 1. The van der Waals surface area contributed by atoms with Crippen LogP contribution in [0.5, 0.6) is 0 Å². The van der Waals surface area contributed by atoms with Crippen LogP contribution in [-0.4, -0.2) is 46.9 Å². The number of rotatable bonds is 4. The molecular formula is C27H25N3O. The summed E-state index contributed by atoms with van der Waals surface area (Å²) in [6, 6.07) is 31.2. The predicted molar refractivity (Wildman–Crippen MR) is 124 cm³/mol. The molecular weight excluding hydrogens is 382 g/mol. The lowest BCUT2D eigenvalue weighted by atomic mass is 9.96. The zero-order valence-corrected chi connectivity index (χ0v) is 17.4. The molecule has 0 spiro atoms. The van der Waals surface area contributed by atoms with E-state index in [9.17, 15) is 4.79 Å². The fourth-order valence-electron chi connectivity index (χ4n) is 4.52. The summed E-state index contributed by atoms with van der Waals surface area (Å²) in [7, 11) is 0. The molecule has 4 aromatic rings. The van der Waals surface area contributed by atoms with E-state index >= 15 is 0 Å². The summed E-state index contributed by atoms with van der Waals surface area (Å²) < 4.78 is 0. The van der Waals surface area contributed by atoms with Crippen molar-refractivity contribution in [2.45, 2.75) is 6.04 Å². The molecule has 1 aliphatic rings. The van der Waals surface area contributed by atoms with Crippen LogP contribution in [0.3, 0.4) is 0 Å². The minimum atomic E-state index is 0.0694. The lowest BCUT2D eigenvalue weighted by Crippen LogP contribution is -2.49. The maximum absolute atomic E-state index is 13.3. The van der Waals surface area contributed by atoms with Crippen LogP contribution in [0, 0.1) is 0 Å². The molecule has 2 heterocycles. The Morgan fingerprint density at radius 3 is 1.97 bits per heavy atom. The maximum Gasteiger partial charge on any atom is 0.256 e. The SMILES string of the molecule is O=C(c1cccc2cccnc12)N1CCN(C(c2ccccc2)c2ccccc2)CC1. The Morgan fingerprint density at radius 1 is 0.710 bits per heavy atom. The second kappa shape index (κ2) is 8.70. The van der Waals surface area contributed by atoms with Gasteiger partial charge in [0.2, 0.25) is 0 Å². The molecule has 1 saturated heterocycles. The molecule has 1 aliphatic heterocycles. The number of para-hydroxylation sites is 1. The van der Waals surface area contributed by atoms with Crippen molar-refractivity contribution in [3.05, 3.63) is 114 Å². The maximum atomic E-state index is 13.3. The van der Waals surface area contributed by atoms with Crippen molar-refractivity contribution in [3.63, 3.8) is 0 Å². The largest absolute Gasteiger partial charge is 0.336 e. The van der Waals surface area contributed by atoms with Crippen molar-refractivity contribution in [2.75, 3.05) is 26.2 Å². The Balaban J connectivity index is 1.37. The summed E-state index contributed by atoms with van der Waals surface area (Å²) in [4.78, 5) is 22.2. The number of amides is 1. The van der Waals surface area contributed by atoms with Crippen LogP contribution in [0.4, 0.5) is 0 Å². The van der Waals surface area contributed by atoms with Gasteiger partial charge in [-0.15, -0.1) is 0 Å². The van der Waals surface area contributed by atoms with Gasteiger partial charge in [-0.1, -0.05) is 78.9 Å². The van der Waals surface area contributed by atoms with Crippen LogP contribution < -0.4 is 0 Å². The Morgan fingerprint density at radius 2 is 1.32 bits per heavy atom. The molecule has 31 heavy (non-hydrogen) atoms. The average molecular weight is 408 g/mol. The van der Waals surface area contributed by atoms with E-state index in [2.05, 4.69) is 70.5 Å². The van der Waals surface area contributed by atoms with Gasteiger partial charge >= 0.3 is 0 Å². The van der Waals surface area contributed by atoms with E-state index < -0.39 is 0 Å². The third kappa shape index (κ3) is 3.94. The van der Waals surface area contributed by atoms with E-state index in [1.165, 1.54) is 11.1 Å². The smallest absolute Gasteiger partial charge is 0.256 e. The number of hydrogen-bond donors (Lipinski definition) is 0. The van der Waals surface area contributed by atoms with Gasteiger partial charge in [0.1, 0.15) is 0 Å². The number of carbonyl (C=O) groups is 1. The quantitative estimate of drug-likeness (QED) is 0.488. The Hall–Kier alpha value is -3.50. The average Bonchev–Trinajstić information content (AvgIpc) is 2.85. The summed E-state index contributed by atoms with van der Waals surface area (Å²) in [6.07, 6.45) is 1.75. The van der Waals surface area contributed by atoms with Crippen LogP contribution in [0.25, 0.3) is 10.9 Å². The van der Waals surface area contributed by atoms with E-state index in [-0.39, 0.29) is 11.9 Å². The third-order valence-electron chi connectivity index (χ3n) is 6.06. The molecule has 0 radical (unpaired) electrons. The molecule has 0 bridgehead atoms. The van der Waals surface area contributed by atoms with Crippen molar-refractivity contribution in [1.29, 1.82) is 0 Å². The van der Waals surface area contributed by atoms with Crippen molar-refractivity contribution < 1.29 is 4.79 Å². The second-order valence-corrected chi connectivity index (χ2v) is 7.93. The van der Waals surface area contributed by atoms with Gasteiger partial charge in [0.15, 0.2) is 0 Å². The molecule has 0 unspecified atom stereocenters. The number of benzene rings is 3.